The van der Waals surface area contributed by atoms with Gasteiger partial charge in [-0.05, 0) is 23.1 Å². The minimum Gasteiger partial charge on any atom is -0.326 e. The van der Waals surface area contributed by atoms with E-state index in [1.165, 1.54) is 0 Å². The molecule has 0 spiro atoms. The first-order valence-electron chi connectivity index (χ1n) is 4.40. The monoisotopic (exact) mass is 188 g/mol. The first kappa shape index (κ1) is 12.0. The second kappa shape index (κ2) is 4.28. The van der Waals surface area contributed by atoms with Crippen LogP contribution in [0.1, 0.15) is 41.0 Å². The summed E-state index contributed by atoms with van der Waals surface area (Å²) in [7, 11) is -0.731. The second-order valence-corrected chi connectivity index (χ2v) is 5.88. The first-order chi connectivity index (χ1) is 5.27. The van der Waals surface area contributed by atoms with Crippen LogP contribution in [0, 0.1) is 10.8 Å². The Hall–Kier alpha value is -0.0300. The van der Waals surface area contributed by atoms with Gasteiger partial charge in [0.15, 0.2) is 0 Å². The zero-order valence-corrected chi connectivity index (χ0v) is 10.0. The van der Waals surface area contributed by atoms with Gasteiger partial charge in [-0.3, -0.25) is 0 Å². The molecule has 0 N–H and O–H groups in total. The van der Waals surface area contributed by atoms with Crippen LogP contribution in [-0.2, 0) is 4.57 Å². The largest absolute Gasteiger partial charge is 0.326 e. The molecule has 0 heterocycles. The Kier molecular flexibility index (Phi) is 4.26. The molecule has 2 heteroatoms. The third-order valence-electron chi connectivity index (χ3n) is 1.61. The predicted octanol–water partition coefficient (Wildman–Crippen LogP) is 3.72. The van der Waals surface area contributed by atoms with Crippen molar-refractivity contribution in [2.75, 3.05) is 0 Å². The maximum absolute atomic E-state index is 10.3. The van der Waals surface area contributed by atoms with Gasteiger partial charge >= 0.3 is 0 Å². The molecule has 0 aliphatic rings. The van der Waals surface area contributed by atoms with Crippen molar-refractivity contribution in [2.45, 2.75) is 41.0 Å². The van der Waals surface area contributed by atoms with E-state index in [0.29, 0.717) is 5.41 Å². The van der Waals surface area contributed by atoms with Crippen molar-refractivity contribution in [2.24, 2.45) is 10.8 Å². The molecule has 0 saturated carbocycles. The molecule has 12 heavy (non-hydrogen) atoms. The van der Waals surface area contributed by atoms with E-state index in [1.54, 1.807) is 5.82 Å². The molecule has 0 aromatic carbocycles. The van der Waals surface area contributed by atoms with Gasteiger partial charge in [0.05, 0.1) is 8.46 Å². The quantitative estimate of drug-likeness (QED) is 0.617. The molecule has 1 unspecified atom stereocenters. The fraction of sp³-hybridized carbons (Fsp3) is 0.800. The second-order valence-electron chi connectivity index (χ2n) is 5.22. The standard InChI is InChI=1S/C10H21OP/c1-9(2,3)8-10(4,5)6-7-12-11/h6-7H,8,12H2,1-5H3. The summed E-state index contributed by atoms with van der Waals surface area (Å²) in [6.07, 6.45) is 3.19. The number of allylic oxidation sites excluding steroid dienone is 1. The third-order valence-corrected chi connectivity index (χ3v) is 1.96. The van der Waals surface area contributed by atoms with Crippen molar-refractivity contribution in [3.05, 3.63) is 11.9 Å². The summed E-state index contributed by atoms with van der Waals surface area (Å²) in [6, 6.07) is 0. The molecule has 0 aromatic heterocycles. The van der Waals surface area contributed by atoms with Crippen LogP contribution in [0.25, 0.3) is 0 Å². The molecular formula is C10H21OP. The normalized spacial score (nSPS) is 15.1. The number of hydrogen-bond donors (Lipinski definition) is 0. The van der Waals surface area contributed by atoms with Crippen LogP contribution < -0.4 is 0 Å². The maximum atomic E-state index is 10.3. The molecular weight excluding hydrogens is 167 g/mol. The molecule has 0 aliphatic carbocycles. The van der Waals surface area contributed by atoms with Gasteiger partial charge in [-0.2, -0.15) is 0 Å². The van der Waals surface area contributed by atoms with Crippen molar-refractivity contribution in [1.82, 2.24) is 0 Å². The molecule has 0 radical (unpaired) electrons. The highest BCUT2D eigenvalue weighted by atomic mass is 31.1. The minimum atomic E-state index is -0.731. The lowest BCUT2D eigenvalue weighted by Gasteiger charge is -2.29. The predicted molar refractivity (Wildman–Crippen MR) is 57.4 cm³/mol. The SMILES string of the molecule is CC(C)(C)CC(C)(C)C=C[PH2]=O. The van der Waals surface area contributed by atoms with Crippen molar-refractivity contribution in [3.8, 4) is 0 Å². The van der Waals surface area contributed by atoms with E-state index in [9.17, 15) is 4.57 Å². The van der Waals surface area contributed by atoms with Crippen LogP contribution >= 0.6 is 8.46 Å². The maximum Gasteiger partial charge on any atom is 0.0849 e. The summed E-state index contributed by atoms with van der Waals surface area (Å²) >= 11 is 0. The van der Waals surface area contributed by atoms with Gasteiger partial charge < -0.3 is 4.57 Å². The molecule has 0 saturated heterocycles. The summed E-state index contributed by atoms with van der Waals surface area (Å²) in [5.41, 5.74) is 0.516. The Morgan fingerprint density at radius 1 is 1.17 bits per heavy atom. The van der Waals surface area contributed by atoms with Crippen molar-refractivity contribution < 1.29 is 4.57 Å². The topological polar surface area (TPSA) is 17.1 Å². The summed E-state index contributed by atoms with van der Waals surface area (Å²) < 4.78 is 10.3. The molecule has 0 amide bonds. The molecule has 1 atom stereocenters. The molecule has 0 rings (SSSR count). The van der Waals surface area contributed by atoms with E-state index in [4.69, 9.17) is 0 Å². The van der Waals surface area contributed by atoms with Gasteiger partial charge in [0.25, 0.3) is 0 Å². The molecule has 0 aliphatic heterocycles. The van der Waals surface area contributed by atoms with Crippen molar-refractivity contribution in [1.29, 1.82) is 0 Å². The minimum absolute atomic E-state index is 0.176. The fourth-order valence-corrected chi connectivity index (χ4v) is 2.33. The van der Waals surface area contributed by atoms with E-state index < -0.39 is 8.46 Å². The average Bonchev–Trinajstić information content (AvgIpc) is 1.78. The molecule has 72 valence electrons. The van der Waals surface area contributed by atoms with Gasteiger partial charge in [0, 0.05) is 0 Å². The average molecular weight is 188 g/mol. The lowest BCUT2D eigenvalue weighted by atomic mass is 9.76. The molecule has 0 bridgehead atoms. The van der Waals surface area contributed by atoms with Crippen LogP contribution in [0.3, 0.4) is 0 Å². The van der Waals surface area contributed by atoms with E-state index in [1.807, 2.05) is 0 Å². The van der Waals surface area contributed by atoms with Gasteiger partial charge in [0.2, 0.25) is 0 Å². The Morgan fingerprint density at radius 3 is 2.00 bits per heavy atom. The lowest BCUT2D eigenvalue weighted by molar-refractivity contribution is 0.262. The van der Waals surface area contributed by atoms with E-state index in [0.717, 1.165) is 6.42 Å². The van der Waals surface area contributed by atoms with Crippen molar-refractivity contribution in [3.63, 3.8) is 0 Å². The van der Waals surface area contributed by atoms with Crippen LogP contribution in [0.15, 0.2) is 11.9 Å². The highest BCUT2D eigenvalue weighted by Gasteiger charge is 2.22. The van der Waals surface area contributed by atoms with Gasteiger partial charge in [0.1, 0.15) is 0 Å². The lowest BCUT2D eigenvalue weighted by Crippen LogP contribution is -2.18. The first-order valence-corrected chi connectivity index (χ1v) is 5.54. The Balaban J connectivity index is 4.22. The summed E-state index contributed by atoms with van der Waals surface area (Å²) in [4.78, 5) is 0. The Labute approximate surface area is 77.5 Å². The zero-order chi connectivity index (χ0) is 9.83. The van der Waals surface area contributed by atoms with Crippen LogP contribution in [0.4, 0.5) is 0 Å². The van der Waals surface area contributed by atoms with Crippen LogP contribution in [0.5, 0.6) is 0 Å². The smallest absolute Gasteiger partial charge is 0.0849 e. The van der Waals surface area contributed by atoms with E-state index in [2.05, 4.69) is 40.7 Å². The highest BCUT2D eigenvalue weighted by molar-refractivity contribution is 7.27. The summed E-state index contributed by atoms with van der Waals surface area (Å²) in [5, 5.41) is 0. The number of hydrogen-bond acceptors (Lipinski definition) is 1. The fourth-order valence-electron chi connectivity index (χ4n) is 1.73. The summed E-state index contributed by atoms with van der Waals surface area (Å²) in [5.74, 6) is 1.80. The third kappa shape index (κ3) is 6.67. The van der Waals surface area contributed by atoms with Crippen molar-refractivity contribution >= 4 is 8.46 Å². The zero-order valence-electron chi connectivity index (χ0n) is 8.85. The summed E-state index contributed by atoms with van der Waals surface area (Å²) in [6.45, 7) is 11.1. The van der Waals surface area contributed by atoms with Crippen LogP contribution in [-0.4, -0.2) is 0 Å². The Bertz CT molecular complexity index is 175. The van der Waals surface area contributed by atoms with E-state index >= 15 is 0 Å². The van der Waals surface area contributed by atoms with Gasteiger partial charge in [-0.25, -0.2) is 0 Å². The van der Waals surface area contributed by atoms with Gasteiger partial charge in [-0.1, -0.05) is 40.7 Å². The van der Waals surface area contributed by atoms with Crippen LogP contribution in [0.2, 0.25) is 0 Å². The van der Waals surface area contributed by atoms with E-state index in [-0.39, 0.29) is 5.41 Å². The Morgan fingerprint density at radius 2 is 1.67 bits per heavy atom. The number of rotatable bonds is 3. The highest BCUT2D eigenvalue weighted by Crippen LogP contribution is 2.34. The van der Waals surface area contributed by atoms with Gasteiger partial charge in [-0.15, -0.1) is 0 Å². The molecule has 1 nitrogen and oxygen atoms in total. The molecule has 0 aromatic rings. The molecule has 0 fully saturated rings.